The van der Waals surface area contributed by atoms with Crippen molar-refractivity contribution in [3.63, 3.8) is 0 Å². The van der Waals surface area contributed by atoms with Crippen molar-refractivity contribution in [2.75, 3.05) is 13.4 Å². The molecule has 0 spiro atoms. The van der Waals surface area contributed by atoms with E-state index in [0.29, 0.717) is 39.4 Å². The monoisotopic (exact) mass is 699 g/mol. The van der Waals surface area contributed by atoms with Crippen LogP contribution in [0.4, 0.5) is 13.2 Å². The number of benzene rings is 4. The molecule has 0 radical (unpaired) electrons. The molecule has 0 bridgehead atoms. The van der Waals surface area contributed by atoms with Crippen LogP contribution in [0, 0.1) is 0 Å². The summed E-state index contributed by atoms with van der Waals surface area (Å²) >= 11 is 10.2. The third kappa shape index (κ3) is 6.20. The highest BCUT2D eigenvalue weighted by atomic mass is 79.9. The molecule has 13 heteroatoms. The van der Waals surface area contributed by atoms with Gasteiger partial charge in [0.05, 0.1) is 29.3 Å². The van der Waals surface area contributed by atoms with Crippen LogP contribution in [0.5, 0.6) is 23.0 Å². The van der Waals surface area contributed by atoms with Crippen LogP contribution < -0.4 is 24.5 Å². The average molecular weight is 701 g/mol. The third-order valence-electron chi connectivity index (χ3n) is 6.79. The number of rotatable bonds is 8. The lowest BCUT2D eigenvalue weighted by molar-refractivity contribution is -0.137. The quantitative estimate of drug-likeness (QED) is 0.152. The molecule has 0 fully saturated rings. The van der Waals surface area contributed by atoms with E-state index in [1.165, 1.54) is 18.3 Å². The first-order valence-electron chi connectivity index (χ1n) is 13.5. The normalized spacial score (nSPS) is 12.7. The predicted molar refractivity (Wildman–Crippen MR) is 167 cm³/mol. The van der Waals surface area contributed by atoms with Crippen molar-refractivity contribution in [1.82, 2.24) is 9.66 Å². The van der Waals surface area contributed by atoms with Gasteiger partial charge in [-0.3, -0.25) is 4.79 Å². The highest BCUT2D eigenvalue weighted by molar-refractivity contribution is 9.10. The Kier molecular flexibility index (Phi) is 8.43. The molecule has 1 aliphatic rings. The molecule has 2 heterocycles. The van der Waals surface area contributed by atoms with Crippen LogP contribution in [-0.4, -0.2) is 29.3 Å². The maximum Gasteiger partial charge on any atom is 0.416 e. The molecule has 5 aromatic rings. The summed E-state index contributed by atoms with van der Waals surface area (Å²) in [6.45, 7) is 2.39. The highest BCUT2D eigenvalue weighted by Gasteiger charge is 2.31. The SMILES string of the molecule is CCOc1cc(C=Nn2c(-c3cccc(C(F)(F)F)c3)nc3ccccc3c2=O)c(Br)c(Cl)c1OCc1ccc2c(c1)OCO2. The first-order chi connectivity index (χ1) is 21.6. The molecule has 45 heavy (non-hydrogen) atoms. The van der Waals surface area contributed by atoms with Gasteiger partial charge >= 0.3 is 6.18 Å². The summed E-state index contributed by atoms with van der Waals surface area (Å²) in [5.41, 5.74) is 0.140. The third-order valence-corrected chi connectivity index (χ3v) is 8.23. The van der Waals surface area contributed by atoms with Crippen LogP contribution in [0.15, 0.2) is 87.2 Å². The van der Waals surface area contributed by atoms with Crippen molar-refractivity contribution in [3.05, 3.63) is 109 Å². The largest absolute Gasteiger partial charge is 0.490 e. The zero-order valence-electron chi connectivity index (χ0n) is 23.4. The van der Waals surface area contributed by atoms with Crippen LogP contribution in [0.1, 0.15) is 23.6 Å². The summed E-state index contributed by atoms with van der Waals surface area (Å²) < 4.78 is 64.6. The van der Waals surface area contributed by atoms with Gasteiger partial charge in [-0.2, -0.15) is 22.9 Å². The summed E-state index contributed by atoms with van der Waals surface area (Å²) in [5, 5.41) is 4.80. The second-order valence-electron chi connectivity index (χ2n) is 9.72. The molecule has 0 saturated heterocycles. The van der Waals surface area contributed by atoms with E-state index in [1.54, 1.807) is 43.3 Å². The van der Waals surface area contributed by atoms with Gasteiger partial charge in [0, 0.05) is 15.6 Å². The molecule has 0 aliphatic carbocycles. The second-order valence-corrected chi connectivity index (χ2v) is 10.9. The van der Waals surface area contributed by atoms with E-state index < -0.39 is 17.3 Å². The average Bonchev–Trinajstić information content (AvgIpc) is 3.50. The fourth-order valence-electron chi connectivity index (χ4n) is 4.65. The summed E-state index contributed by atoms with van der Waals surface area (Å²) in [6.07, 6.45) is -3.25. The lowest BCUT2D eigenvalue weighted by atomic mass is 10.1. The number of hydrogen-bond donors (Lipinski definition) is 0. The number of para-hydroxylation sites is 1. The molecular formula is C32H22BrClF3N3O5. The predicted octanol–water partition coefficient (Wildman–Crippen LogP) is 8.09. The Morgan fingerprint density at radius 2 is 1.84 bits per heavy atom. The van der Waals surface area contributed by atoms with Crippen molar-refractivity contribution in [2.45, 2.75) is 19.7 Å². The zero-order chi connectivity index (χ0) is 31.7. The lowest BCUT2D eigenvalue weighted by Crippen LogP contribution is -2.20. The Hall–Kier alpha value is -4.55. The molecule has 0 saturated carbocycles. The van der Waals surface area contributed by atoms with Crippen LogP contribution in [0.25, 0.3) is 22.3 Å². The minimum absolute atomic E-state index is 0.0594. The number of fused-ring (bicyclic) bond motifs is 2. The van der Waals surface area contributed by atoms with Crippen molar-refractivity contribution in [1.29, 1.82) is 0 Å². The molecule has 0 atom stereocenters. The van der Waals surface area contributed by atoms with Gasteiger partial charge in [0.2, 0.25) is 6.79 Å². The van der Waals surface area contributed by atoms with Gasteiger partial charge in [0.25, 0.3) is 5.56 Å². The summed E-state index contributed by atoms with van der Waals surface area (Å²) in [4.78, 5) is 18.1. The first kappa shape index (κ1) is 30.5. The number of halogens is 5. The Bertz CT molecular complexity index is 2020. The van der Waals surface area contributed by atoms with Gasteiger partial charge in [-0.15, -0.1) is 0 Å². The minimum atomic E-state index is -4.59. The van der Waals surface area contributed by atoms with E-state index in [1.807, 2.05) is 12.1 Å². The van der Waals surface area contributed by atoms with E-state index >= 15 is 0 Å². The fourth-order valence-corrected chi connectivity index (χ4v) is 5.31. The topological polar surface area (TPSA) is 84.2 Å². The lowest BCUT2D eigenvalue weighted by Gasteiger charge is -2.16. The molecule has 1 aliphatic heterocycles. The van der Waals surface area contributed by atoms with Crippen molar-refractivity contribution in [3.8, 4) is 34.4 Å². The van der Waals surface area contributed by atoms with Crippen LogP contribution in [0.2, 0.25) is 5.02 Å². The van der Waals surface area contributed by atoms with E-state index in [-0.39, 0.29) is 40.9 Å². The summed E-state index contributed by atoms with van der Waals surface area (Å²) in [7, 11) is 0. The molecule has 0 N–H and O–H groups in total. The number of ether oxygens (including phenoxy) is 4. The van der Waals surface area contributed by atoms with E-state index in [0.717, 1.165) is 22.4 Å². The molecule has 230 valence electrons. The maximum absolute atomic E-state index is 13.6. The maximum atomic E-state index is 13.6. The van der Waals surface area contributed by atoms with Gasteiger partial charge < -0.3 is 18.9 Å². The fraction of sp³-hybridized carbons (Fsp3) is 0.156. The van der Waals surface area contributed by atoms with Gasteiger partial charge in [0.1, 0.15) is 11.6 Å². The first-order valence-corrected chi connectivity index (χ1v) is 14.7. The molecule has 4 aromatic carbocycles. The van der Waals surface area contributed by atoms with Crippen LogP contribution >= 0.6 is 27.5 Å². The summed E-state index contributed by atoms with van der Waals surface area (Å²) in [5.74, 6) is 1.78. The van der Waals surface area contributed by atoms with Crippen molar-refractivity contribution >= 4 is 44.6 Å². The molecule has 8 nitrogen and oxygen atoms in total. The second kappa shape index (κ2) is 12.4. The number of aromatic nitrogens is 2. The van der Waals surface area contributed by atoms with Gasteiger partial charge in [-0.1, -0.05) is 41.9 Å². The number of nitrogens with zero attached hydrogens (tertiary/aromatic N) is 3. The van der Waals surface area contributed by atoms with E-state index in [2.05, 4.69) is 26.0 Å². The number of alkyl halides is 3. The standard InChI is InChI=1S/C32H22BrClF3N3O5/c1-2-42-26-14-20(27(33)28(34)29(26)43-16-18-10-11-24-25(12-18)45-17-44-24)15-38-40-30(19-6-5-7-21(13-19)32(35,36)37)39-23-9-4-3-8-22(23)31(40)41/h3-15H,2,16-17H2,1H3. The van der Waals surface area contributed by atoms with Crippen molar-refractivity contribution < 1.29 is 32.1 Å². The Balaban J connectivity index is 1.40. The van der Waals surface area contributed by atoms with E-state index in [9.17, 15) is 18.0 Å². The summed E-state index contributed by atoms with van der Waals surface area (Å²) in [6, 6.07) is 18.1. The van der Waals surface area contributed by atoms with E-state index in [4.69, 9.17) is 30.5 Å². The van der Waals surface area contributed by atoms with Crippen molar-refractivity contribution in [2.24, 2.45) is 5.10 Å². The van der Waals surface area contributed by atoms with Gasteiger partial charge in [-0.05, 0) is 70.9 Å². The Morgan fingerprint density at radius 3 is 2.64 bits per heavy atom. The Morgan fingerprint density at radius 1 is 1.04 bits per heavy atom. The van der Waals surface area contributed by atoms with Crippen LogP contribution in [-0.2, 0) is 12.8 Å². The Labute approximate surface area is 267 Å². The molecular weight excluding hydrogens is 679 g/mol. The molecule has 1 aromatic heterocycles. The smallest absolute Gasteiger partial charge is 0.416 e. The van der Waals surface area contributed by atoms with Gasteiger partial charge in [-0.25, -0.2) is 4.98 Å². The number of hydrogen-bond acceptors (Lipinski definition) is 7. The molecule has 0 unspecified atom stereocenters. The van der Waals surface area contributed by atoms with Crippen LogP contribution in [0.3, 0.4) is 0 Å². The minimum Gasteiger partial charge on any atom is -0.490 e. The molecule has 0 amide bonds. The van der Waals surface area contributed by atoms with Gasteiger partial charge in [0.15, 0.2) is 28.8 Å². The highest BCUT2D eigenvalue weighted by Crippen LogP contribution is 2.43. The molecule has 6 rings (SSSR count). The zero-order valence-corrected chi connectivity index (χ0v) is 25.7.